The van der Waals surface area contributed by atoms with Crippen molar-refractivity contribution in [2.45, 2.75) is 26.7 Å². The Morgan fingerprint density at radius 3 is 2.91 bits per heavy atom. The molecule has 1 aliphatic carbocycles. The van der Waals surface area contributed by atoms with Crippen LogP contribution in [0.1, 0.15) is 29.8 Å². The van der Waals surface area contributed by atoms with Gasteiger partial charge in [-0.25, -0.2) is 9.66 Å². The van der Waals surface area contributed by atoms with E-state index < -0.39 is 0 Å². The minimum atomic E-state index is -0.356. The summed E-state index contributed by atoms with van der Waals surface area (Å²) in [4.78, 5) is 15.9. The second-order valence-corrected chi connectivity index (χ2v) is 5.76. The summed E-state index contributed by atoms with van der Waals surface area (Å²) in [5.41, 5.74) is 14.4. The molecular weight excluding hydrogens is 288 g/mol. The maximum absolute atomic E-state index is 11.5. The molecule has 1 heterocycles. The van der Waals surface area contributed by atoms with Crippen LogP contribution in [0.3, 0.4) is 0 Å². The highest BCUT2D eigenvalue weighted by molar-refractivity contribution is 5.96. The van der Waals surface area contributed by atoms with Crippen molar-refractivity contribution >= 4 is 17.2 Å². The van der Waals surface area contributed by atoms with Crippen LogP contribution in [-0.2, 0) is 4.79 Å². The van der Waals surface area contributed by atoms with Crippen molar-refractivity contribution < 1.29 is 4.79 Å². The molecule has 5 heteroatoms. The Labute approximate surface area is 135 Å². The minimum absolute atomic E-state index is 0.356. The molecule has 1 aromatic heterocycles. The van der Waals surface area contributed by atoms with Gasteiger partial charge in [-0.05, 0) is 56.0 Å². The smallest absolute Gasteiger partial charge is 0.244 e. The Morgan fingerprint density at radius 1 is 1.35 bits per heavy atom. The number of rotatable bonds is 4. The van der Waals surface area contributed by atoms with Crippen LogP contribution in [0, 0.1) is 13.8 Å². The highest BCUT2D eigenvalue weighted by Crippen LogP contribution is 2.27. The standard InChI is InChI=1S/C18H20N4O/c1-12-5-3-8-16(9-12)21-22-11-20-13(2)17(22)14-6-4-7-15(10-14)18(19)23/h3,5-6,8-11,21H,4,7H2,1-2H3,(H2,19,23). The molecule has 118 valence electrons. The first kappa shape index (κ1) is 15.1. The lowest BCUT2D eigenvalue weighted by Gasteiger charge is -2.16. The molecule has 0 saturated carbocycles. The third-order valence-electron chi connectivity index (χ3n) is 3.92. The predicted molar refractivity (Wildman–Crippen MR) is 91.7 cm³/mol. The molecule has 0 bridgehead atoms. The average molecular weight is 308 g/mol. The number of carbonyl (C=O) groups is 1. The second kappa shape index (κ2) is 6.12. The zero-order valence-corrected chi connectivity index (χ0v) is 13.3. The summed E-state index contributed by atoms with van der Waals surface area (Å²) in [6.45, 7) is 4.01. The summed E-state index contributed by atoms with van der Waals surface area (Å²) in [6, 6.07) is 8.13. The van der Waals surface area contributed by atoms with Gasteiger partial charge in [0.1, 0.15) is 6.33 Å². The van der Waals surface area contributed by atoms with Gasteiger partial charge in [0.15, 0.2) is 0 Å². The van der Waals surface area contributed by atoms with Crippen LogP contribution < -0.4 is 11.2 Å². The van der Waals surface area contributed by atoms with Crippen LogP contribution in [-0.4, -0.2) is 15.6 Å². The van der Waals surface area contributed by atoms with Crippen molar-refractivity contribution in [3.8, 4) is 0 Å². The van der Waals surface area contributed by atoms with Gasteiger partial charge in [0.05, 0.1) is 17.1 Å². The van der Waals surface area contributed by atoms with Crippen molar-refractivity contribution in [2.24, 2.45) is 5.73 Å². The van der Waals surface area contributed by atoms with E-state index in [1.54, 1.807) is 6.33 Å². The maximum atomic E-state index is 11.5. The number of aryl methyl sites for hydroxylation is 2. The van der Waals surface area contributed by atoms with E-state index in [1.807, 2.05) is 29.8 Å². The molecule has 5 nitrogen and oxygen atoms in total. The molecule has 0 unspecified atom stereocenters. The van der Waals surface area contributed by atoms with Gasteiger partial charge in [-0.1, -0.05) is 18.2 Å². The molecule has 0 radical (unpaired) electrons. The molecule has 3 rings (SSSR count). The highest BCUT2D eigenvalue weighted by Gasteiger charge is 2.17. The number of hydrogen-bond donors (Lipinski definition) is 2. The number of anilines is 1. The third kappa shape index (κ3) is 3.18. The Balaban J connectivity index is 1.96. The Bertz CT molecular complexity index is 814. The van der Waals surface area contributed by atoms with Gasteiger partial charge in [0.2, 0.25) is 5.91 Å². The zero-order chi connectivity index (χ0) is 16.4. The summed E-state index contributed by atoms with van der Waals surface area (Å²) in [5, 5.41) is 0. The van der Waals surface area contributed by atoms with Gasteiger partial charge in [-0.15, -0.1) is 0 Å². The molecule has 23 heavy (non-hydrogen) atoms. The van der Waals surface area contributed by atoms with Crippen LogP contribution in [0.2, 0.25) is 0 Å². The first-order valence-corrected chi connectivity index (χ1v) is 7.63. The summed E-state index contributed by atoms with van der Waals surface area (Å²) in [7, 11) is 0. The van der Waals surface area contributed by atoms with Gasteiger partial charge in [0, 0.05) is 5.57 Å². The van der Waals surface area contributed by atoms with E-state index in [0.717, 1.165) is 29.1 Å². The van der Waals surface area contributed by atoms with Gasteiger partial charge in [-0.2, -0.15) is 0 Å². The summed E-state index contributed by atoms with van der Waals surface area (Å²) >= 11 is 0. The number of hydrogen-bond acceptors (Lipinski definition) is 3. The van der Waals surface area contributed by atoms with Gasteiger partial charge < -0.3 is 5.73 Å². The lowest BCUT2D eigenvalue weighted by molar-refractivity contribution is -0.114. The largest absolute Gasteiger partial charge is 0.366 e. The SMILES string of the molecule is Cc1cccc(Nn2cnc(C)c2C2=CCCC(C(N)=O)=C2)c1. The quantitative estimate of drug-likeness (QED) is 0.912. The van der Waals surface area contributed by atoms with Crippen LogP contribution in [0.5, 0.6) is 0 Å². The van der Waals surface area contributed by atoms with Crippen molar-refractivity contribution in [1.82, 2.24) is 9.66 Å². The van der Waals surface area contributed by atoms with E-state index in [0.29, 0.717) is 12.0 Å². The summed E-state index contributed by atoms with van der Waals surface area (Å²) < 4.78 is 1.89. The summed E-state index contributed by atoms with van der Waals surface area (Å²) in [5.74, 6) is -0.356. The molecule has 1 aromatic carbocycles. The van der Waals surface area contributed by atoms with E-state index in [4.69, 9.17) is 5.73 Å². The van der Waals surface area contributed by atoms with Crippen LogP contribution in [0.25, 0.3) is 5.57 Å². The average Bonchev–Trinajstić information content (AvgIpc) is 2.88. The number of imidazole rings is 1. The number of aromatic nitrogens is 2. The number of benzene rings is 1. The van der Waals surface area contributed by atoms with Crippen molar-refractivity contribution in [3.63, 3.8) is 0 Å². The normalized spacial score (nSPS) is 14.2. The number of nitrogens with zero attached hydrogens (tertiary/aromatic N) is 2. The first-order chi connectivity index (χ1) is 11.0. The lowest BCUT2D eigenvalue weighted by atomic mass is 9.96. The molecule has 1 aliphatic rings. The monoisotopic (exact) mass is 308 g/mol. The summed E-state index contributed by atoms with van der Waals surface area (Å²) in [6.07, 6.45) is 7.23. The molecule has 0 fully saturated rings. The molecule has 0 aliphatic heterocycles. The molecule has 0 atom stereocenters. The number of allylic oxidation sites excluding steroid dienone is 3. The Morgan fingerprint density at radius 2 is 2.17 bits per heavy atom. The minimum Gasteiger partial charge on any atom is -0.366 e. The number of amides is 1. The van der Waals surface area contributed by atoms with Gasteiger partial charge in [0.25, 0.3) is 0 Å². The van der Waals surface area contributed by atoms with Crippen LogP contribution in [0.4, 0.5) is 5.69 Å². The first-order valence-electron chi connectivity index (χ1n) is 7.63. The number of nitrogens with two attached hydrogens (primary N) is 1. The van der Waals surface area contributed by atoms with Gasteiger partial charge >= 0.3 is 0 Å². The zero-order valence-electron chi connectivity index (χ0n) is 13.3. The Hall–Kier alpha value is -2.82. The predicted octanol–water partition coefficient (Wildman–Crippen LogP) is 2.96. The fourth-order valence-electron chi connectivity index (χ4n) is 2.79. The van der Waals surface area contributed by atoms with E-state index in [2.05, 4.69) is 35.5 Å². The molecule has 3 N–H and O–H groups in total. The third-order valence-corrected chi connectivity index (χ3v) is 3.92. The fourth-order valence-corrected chi connectivity index (χ4v) is 2.79. The number of carbonyl (C=O) groups excluding carboxylic acids is 1. The molecule has 0 spiro atoms. The van der Waals surface area contributed by atoms with Crippen LogP contribution >= 0.6 is 0 Å². The lowest BCUT2D eigenvalue weighted by Crippen LogP contribution is -2.16. The van der Waals surface area contributed by atoms with E-state index in [9.17, 15) is 4.79 Å². The van der Waals surface area contributed by atoms with Crippen molar-refractivity contribution in [3.05, 3.63) is 65.3 Å². The molecule has 2 aromatic rings. The second-order valence-electron chi connectivity index (χ2n) is 5.76. The maximum Gasteiger partial charge on any atom is 0.244 e. The van der Waals surface area contributed by atoms with Crippen molar-refractivity contribution in [1.29, 1.82) is 0 Å². The number of nitrogens with one attached hydrogen (secondary N) is 1. The fraction of sp³-hybridized carbons (Fsp3) is 0.222. The number of primary amides is 1. The van der Waals surface area contributed by atoms with Gasteiger partial charge in [-0.3, -0.25) is 10.2 Å². The van der Waals surface area contributed by atoms with Crippen molar-refractivity contribution in [2.75, 3.05) is 5.43 Å². The molecular formula is C18H20N4O. The highest BCUT2D eigenvalue weighted by atomic mass is 16.1. The van der Waals surface area contributed by atoms with E-state index in [1.165, 1.54) is 5.56 Å². The molecule has 1 amide bonds. The topological polar surface area (TPSA) is 72.9 Å². The molecule has 0 saturated heterocycles. The van der Waals surface area contributed by atoms with E-state index >= 15 is 0 Å². The Kier molecular flexibility index (Phi) is 4.02. The van der Waals surface area contributed by atoms with Crippen LogP contribution in [0.15, 0.2) is 48.3 Å². The van der Waals surface area contributed by atoms with E-state index in [-0.39, 0.29) is 5.91 Å².